The summed E-state index contributed by atoms with van der Waals surface area (Å²) in [6, 6.07) is 0.534. The SMILES string of the molecule is COC(=O)Cc1nc(N(C)C2CCCCC2)c2c3c(sc2n1)CCCC3. The van der Waals surface area contributed by atoms with E-state index in [1.807, 2.05) is 0 Å². The molecule has 0 N–H and O–H groups in total. The number of fused-ring (bicyclic) bond motifs is 3. The zero-order chi connectivity index (χ0) is 18.1. The zero-order valence-corrected chi connectivity index (χ0v) is 16.5. The first-order chi connectivity index (χ1) is 12.7. The summed E-state index contributed by atoms with van der Waals surface area (Å²) in [6.45, 7) is 0. The van der Waals surface area contributed by atoms with Crippen molar-refractivity contribution in [2.24, 2.45) is 0 Å². The van der Waals surface area contributed by atoms with Crippen molar-refractivity contribution < 1.29 is 9.53 Å². The first kappa shape index (κ1) is 17.7. The molecule has 0 aromatic carbocycles. The average molecular weight is 374 g/mol. The Morgan fingerprint density at radius 2 is 1.92 bits per heavy atom. The maximum Gasteiger partial charge on any atom is 0.313 e. The number of aryl methyl sites for hydroxylation is 2. The second-order valence-electron chi connectivity index (χ2n) is 7.51. The van der Waals surface area contributed by atoms with Crippen molar-refractivity contribution in [1.82, 2.24) is 9.97 Å². The number of rotatable bonds is 4. The number of carbonyl (C=O) groups is 1. The van der Waals surface area contributed by atoms with Crippen LogP contribution in [0.3, 0.4) is 0 Å². The highest BCUT2D eigenvalue weighted by atomic mass is 32.1. The number of hydrogen-bond acceptors (Lipinski definition) is 6. The highest BCUT2D eigenvalue weighted by molar-refractivity contribution is 7.19. The Bertz CT molecular complexity index is 811. The molecule has 0 unspecified atom stereocenters. The number of anilines is 1. The van der Waals surface area contributed by atoms with Gasteiger partial charge in [-0.2, -0.15) is 0 Å². The first-order valence-corrected chi connectivity index (χ1v) is 10.6. The van der Waals surface area contributed by atoms with Gasteiger partial charge in [0, 0.05) is 18.0 Å². The molecule has 1 fully saturated rings. The van der Waals surface area contributed by atoms with Crippen LogP contribution in [0, 0.1) is 0 Å². The van der Waals surface area contributed by atoms with E-state index in [4.69, 9.17) is 14.7 Å². The second-order valence-corrected chi connectivity index (χ2v) is 8.59. The van der Waals surface area contributed by atoms with Crippen LogP contribution in [0.15, 0.2) is 0 Å². The summed E-state index contributed by atoms with van der Waals surface area (Å²) in [7, 11) is 3.59. The smallest absolute Gasteiger partial charge is 0.313 e. The lowest BCUT2D eigenvalue weighted by atomic mass is 9.93. The van der Waals surface area contributed by atoms with Crippen molar-refractivity contribution in [1.29, 1.82) is 0 Å². The number of thiophene rings is 1. The average Bonchev–Trinajstić information content (AvgIpc) is 3.05. The Kier molecular flexibility index (Phi) is 5.11. The van der Waals surface area contributed by atoms with Crippen LogP contribution in [0.4, 0.5) is 5.82 Å². The van der Waals surface area contributed by atoms with Crippen LogP contribution in [-0.4, -0.2) is 36.1 Å². The number of nitrogens with zero attached hydrogens (tertiary/aromatic N) is 3. The lowest BCUT2D eigenvalue weighted by Crippen LogP contribution is -2.34. The standard InChI is InChI=1S/C20H27N3O2S/c1-23(13-8-4-3-5-9-13)19-18-14-10-6-7-11-15(14)26-20(18)22-16(21-19)12-17(24)25-2/h13H,3-12H2,1-2H3. The number of hydrogen-bond donors (Lipinski definition) is 0. The third-order valence-electron chi connectivity index (χ3n) is 5.83. The Hall–Kier alpha value is -1.69. The molecule has 0 bridgehead atoms. The zero-order valence-electron chi connectivity index (χ0n) is 15.7. The van der Waals surface area contributed by atoms with Gasteiger partial charge >= 0.3 is 5.97 Å². The molecule has 0 radical (unpaired) electrons. The van der Waals surface area contributed by atoms with Gasteiger partial charge in [-0.1, -0.05) is 19.3 Å². The van der Waals surface area contributed by atoms with Gasteiger partial charge in [0.25, 0.3) is 0 Å². The number of methoxy groups -OCH3 is 1. The monoisotopic (exact) mass is 373 g/mol. The fourth-order valence-electron chi connectivity index (χ4n) is 4.36. The van der Waals surface area contributed by atoms with Gasteiger partial charge in [0.1, 0.15) is 22.9 Å². The van der Waals surface area contributed by atoms with Gasteiger partial charge in [0.2, 0.25) is 0 Å². The summed E-state index contributed by atoms with van der Waals surface area (Å²) in [5, 5.41) is 1.24. The molecule has 0 amide bonds. The van der Waals surface area contributed by atoms with E-state index in [1.54, 1.807) is 11.3 Å². The van der Waals surface area contributed by atoms with Crippen molar-refractivity contribution in [3.05, 3.63) is 16.3 Å². The van der Waals surface area contributed by atoms with Crippen molar-refractivity contribution in [2.75, 3.05) is 19.1 Å². The topological polar surface area (TPSA) is 55.3 Å². The summed E-state index contributed by atoms with van der Waals surface area (Å²) in [5.74, 6) is 1.33. The van der Waals surface area contributed by atoms with Gasteiger partial charge < -0.3 is 9.64 Å². The molecule has 0 atom stereocenters. The quantitative estimate of drug-likeness (QED) is 0.757. The molecule has 2 aromatic rings. The molecular formula is C20H27N3O2S. The Balaban J connectivity index is 1.80. The third kappa shape index (κ3) is 3.31. The maximum atomic E-state index is 11.8. The van der Waals surface area contributed by atoms with E-state index in [9.17, 15) is 4.79 Å². The van der Waals surface area contributed by atoms with Crippen LogP contribution in [0.25, 0.3) is 10.2 Å². The molecular weight excluding hydrogens is 346 g/mol. The molecule has 6 heteroatoms. The molecule has 2 heterocycles. The van der Waals surface area contributed by atoms with Crippen molar-refractivity contribution in [3.63, 3.8) is 0 Å². The van der Waals surface area contributed by atoms with E-state index in [0.29, 0.717) is 11.9 Å². The molecule has 2 aliphatic rings. The fourth-order valence-corrected chi connectivity index (χ4v) is 5.63. The van der Waals surface area contributed by atoms with E-state index in [2.05, 4.69) is 11.9 Å². The Morgan fingerprint density at radius 1 is 1.15 bits per heavy atom. The van der Waals surface area contributed by atoms with Gasteiger partial charge in [-0.3, -0.25) is 4.79 Å². The predicted octanol–water partition coefficient (Wildman–Crippen LogP) is 4.05. The normalized spacial score (nSPS) is 17.9. The molecule has 1 saturated carbocycles. The lowest BCUT2D eigenvalue weighted by molar-refractivity contribution is -0.139. The molecule has 2 aliphatic carbocycles. The molecule has 0 aliphatic heterocycles. The molecule has 26 heavy (non-hydrogen) atoms. The van der Waals surface area contributed by atoms with Gasteiger partial charge in [0.05, 0.1) is 12.5 Å². The van der Waals surface area contributed by atoms with Gasteiger partial charge in [-0.25, -0.2) is 9.97 Å². The largest absolute Gasteiger partial charge is 0.469 e. The predicted molar refractivity (Wildman–Crippen MR) is 105 cm³/mol. The van der Waals surface area contributed by atoms with Gasteiger partial charge in [-0.15, -0.1) is 11.3 Å². The summed E-state index contributed by atoms with van der Waals surface area (Å²) in [5.41, 5.74) is 1.46. The van der Waals surface area contributed by atoms with Crippen molar-refractivity contribution in [2.45, 2.75) is 70.3 Å². The summed E-state index contributed by atoms with van der Waals surface area (Å²) >= 11 is 1.80. The number of aromatic nitrogens is 2. The number of carbonyl (C=O) groups excluding carboxylic acids is 1. The van der Waals surface area contributed by atoms with Crippen LogP contribution < -0.4 is 4.90 Å². The van der Waals surface area contributed by atoms with Crippen LogP contribution in [-0.2, 0) is 28.8 Å². The summed E-state index contributed by atoms with van der Waals surface area (Å²) in [6.07, 6.45) is 11.3. The van der Waals surface area contributed by atoms with Crippen molar-refractivity contribution >= 4 is 33.3 Å². The molecule has 0 spiro atoms. The molecule has 2 aromatic heterocycles. The minimum absolute atomic E-state index is 0.139. The summed E-state index contributed by atoms with van der Waals surface area (Å²) < 4.78 is 4.84. The molecule has 5 nitrogen and oxygen atoms in total. The van der Waals surface area contributed by atoms with E-state index in [1.165, 1.54) is 67.9 Å². The molecule has 4 rings (SSSR count). The van der Waals surface area contributed by atoms with Gasteiger partial charge in [-0.05, 0) is 44.1 Å². The summed E-state index contributed by atoms with van der Waals surface area (Å²) in [4.78, 5) is 26.3. The van der Waals surface area contributed by atoms with E-state index >= 15 is 0 Å². The Labute approximate surface area is 158 Å². The molecule has 140 valence electrons. The van der Waals surface area contributed by atoms with Crippen molar-refractivity contribution in [3.8, 4) is 0 Å². The number of ether oxygens (including phenoxy) is 1. The van der Waals surface area contributed by atoms with E-state index < -0.39 is 0 Å². The van der Waals surface area contributed by atoms with Crippen LogP contribution >= 0.6 is 11.3 Å². The van der Waals surface area contributed by atoms with E-state index in [0.717, 1.165) is 23.5 Å². The molecule has 0 saturated heterocycles. The minimum Gasteiger partial charge on any atom is -0.469 e. The second kappa shape index (κ2) is 7.51. The minimum atomic E-state index is -0.281. The van der Waals surface area contributed by atoms with Crippen LogP contribution in [0.1, 0.15) is 61.2 Å². The van der Waals surface area contributed by atoms with E-state index in [-0.39, 0.29) is 12.4 Å². The lowest BCUT2D eigenvalue weighted by Gasteiger charge is -2.33. The van der Waals surface area contributed by atoms with Crippen LogP contribution in [0.5, 0.6) is 0 Å². The number of esters is 1. The highest BCUT2D eigenvalue weighted by Gasteiger charge is 2.26. The first-order valence-electron chi connectivity index (χ1n) is 9.78. The fraction of sp³-hybridized carbons (Fsp3) is 0.650. The highest BCUT2D eigenvalue weighted by Crippen LogP contribution is 2.40. The Morgan fingerprint density at radius 3 is 2.69 bits per heavy atom. The third-order valence-corrected chi connectivity index (χ3v) is 7.01. The van der Waals surface area contributed by atoms with Crippen LogP contribution in [0.2, 0.25) is 0 Å². The maximum absolute atomic E-state index is 11.8. The van der Waals surface area contributed by atoms with Gasteiger partial charge in [0.15, 0.2) is 0 Å².